The van der Waals surface area contributed by atoms with Crippen molar-refractivity contribution in [2.75, 3.05) is 6.61 Å². The van der Waals surface area contributed by atoms with Crippen LogP contribution < -0.4 is 5.32 Å². The Morgan fingerprint density at radius 1 is 1.45 bits per heavy atom. The highest BCUT2D eigenvalue weighted by atomic mass is 31.2. The number of nitrogens with one attached hydrogen (secondary N) is 1. The maximum Gasteiger partial charge on any atom is 0.538 e. The first-order valence-corrected chi connectivity index (χ1v) is 6.80. The van der Waals surface area contributed by atoms with Gasteiger partial charge in [0.1, 0.15) is 12.2 Å². The van der Waals surface area contributed by atoms with Gasteiger partial charge in [0.25, 0.3) is 5.79 Å². The molecule has 0 aliphatic carbocycles. The summed E-state index contributed by atoms with van der Waals surface area (Å²) in [5.74, 6) is -5.45. The van der Waals surface area contributed by atoms with Crippen LogP contribution in [-0.2, 0) is 27.7 Å². The van der Waals surface area contributed by atoms with E-state index in [4.69, 9.17) is 5.11 Å². The van der Waals surface area contributed by atoms with Gasteiger partial charge in [-0.25, -0.2) is 18.4 Å². The van der Waals surface area contributed by atoms with Gasteiger partial charge in [-0.3, -0.25) is 4.79 Å². The lowest BCUT2D eigenvalue weighted by Crippen LogP contribution is -2.73. The molecule has 0 spiro atoms. The number of aliphatic hydroxyl groups excluding tert-OH is 3. The molecular weight excluding hydrogens is 301 g/mol. The van der Waals surface area contributed by atoms with Crippen LogP contribution >= 0.6 is 7.82 Å². The quantitative estimate of drug-likeness (QED) is 0.335. The Balaban J connectivity index is 2.49. The molecule has 12 heteroatoms. The van der Waals surface area contributed by atoms with E-state index in [1.807, 2.05) is 5.32 Å². The minimum atomic E-state index is -4.55. The van der Waals surface area contributed by atoms with Crippen molar-refractivity contribution in [3.63, 3.8) is 0 Å². The number of hydrogen-bond donors (Lipinski definition) is 5. The number of phosphoric ester groups is 1. The maximum atomic E-state index is 11.8. The van der Waals surface area contributed by atoms with Gasteiger partial charge in [0.15, 0.2) is 0 Å². The summed E-state index contributed by atoms with van der Waals surface area (Å²) >= 11 is 0. The van der Waals surface area contributed by atoms with Crippen molar-refractivity contribution >= 4 is 19.7 Å². The highest BCUT2D eigenvalue weighted by Crippen LogP contribution is 2.70. The number of rotatable bonds is 4. The molecule has 2 fully saturated rings. The molecule has 2 unspecified atom stereocenters. The van der Waals surface area contributed by atoms with Gasteiger partial charge in [-0.2, -0.15) is 0 Å². The van der Waals surface area contributed by atoms with Crippen molar-refractivity contribution in [1.29, 1.82) is 0 Å². The molecule has 11 nitrogen and oxygen atoms in total. The first-order chi connectivity index (χ1) is 9.10. The average molecular weight is 313 g/mol. The van der Waals surface area contributed by atoms with Crippen LogP contribution in [0.3, 0.4) is 0 Å². The number of phosphoric acid groups is 1. The second kappa shape index (κ2) is 4.46. The van der Waals surface area contributed by atoms with Gasteiger partial charge >= 0.3 is 19.5 Å². The van der Waals surface area contributed by atoms with Gasteiger partial charge in [0.2, 0.25) is 5.91 Å². The van der Waals surface area contributed by atoms with Gasteiger partial charge in [-0.1, -0.05) is 0 Å². The molecule has 20 heavy (non-hydrogen) atoms. The molecule has 2 heterocycles. The molecule has 2 aliphatic rings. The topological polar surface area (TPSA) is 172 Å². The number of aliphatic hydroxyl groups is 4. The number of fused-ring (bicyclic) bond motifs is 2. The van der Waals surface area contributed by atoms with Gasteiger partial charge in [-0.15, -0.1) is 0 Å². The van der Waals surface area contributed by atoms with E-state index in [1.54, 1.807) is 0 Å². The normalized spacial score (nSPS) is 42.1. The molecule has 0 aromatic rings. The summed E-state index contributed by atoms with van der Waals surface area (Å²) < 4.78 is 25.2. The molecule has 2 bridgehead atoms. The lowest BCUT2D eigenvalue weighted by molar-refractivity contribution is -0.284. The van der Waals surface area contributed by atoms with Crippen LogP contribution in [0, 0.1) is 0 Å². The van der Waals surface area contributed by atoms with Crippen molar-refractivity contribution in [3.05, 3.63) is 0 Å². The number of carbonyl (C=O) groups excluding carboxylic acids is 2. The van der Waals surface area contributed by atoms with E-state index in [0.717, 1.165) is 6.92 Å². The van der Waals surface area contributed by atoms with Gasteiger partial charge in [-0.05, 0) is 0 Å². The maximum absolute atomic E-state index is 11.8. The van der Waals surface area contributed by atoms with E-state index >= 15 is 0 Å². The highest BCUT2D eigenvalue weighted by molar-refractivity contribution is 7.50. The highest BCUT2D eigenvalue weighted by Gasteiger charge is 2.82. The standard InChI is InChI=1S/C8H12NO10P/c1-3(11)9-7-6(14)17-20(16,18-7)19-8(7,15)5(13)4(12)2-10/h4-5,10,12-13,15H,2H2,1H3,(H,9,11)/t4?,5-,7+,8-,20?/m1/s1. The fourth-order valence-corrected chi connectivity index (χ4v) is 3.51. The molecule has 1 amide bonds. The SMILES string of the molecule is CC(=O)N[C@]12OP(=O)(OC1=O)O[C@]2(O)[C@H](O)C(O)CO. The predicted octanol–water partition coefficient (Wildman–Crippen LogP) is -3.07. The Morgan fingerprint density at radius 3 is 2.50 bits per heavy atom. The molecule has 0 radical (unpaired) electrons. The number of carbonyl (C=O) groups is 2. The molecule has 2 aliphatic heterocycles. The third-order valence-corrected chi connectivity index (χ3v) is 4.18. The largest absolute Gasteiger partial charge is 0.538 e. The Labute approximate surface area is 111 Å². The second-order valence-electron chi connectivity index (χ2n) is 4.26. The smallest absolute Gasteiger partial charge is 0.394 e. The van der Waals surface area contributed by atoms with Crippen LogP contribution in [0.15, 0.2) is 0 Å². The summed E-state index contributed by atoms with van der Waals surface area (Å²) in [7, 11) is -4.55. The first-order valence-electron chi connectivity index (χ1n) is 5.34. The van der Waals surface area contributed by atoms with Gasteiger partial charge in [0, 0.05) is 6.92 Å². The third kappa shape index (κ3) is 1.87. The predicted molar refractivity (Wildman–Crippen MR) is 56.5 cm³/mol. The molecule has 2 rings (SSSR count). The average Bonchev–Trinajstić information content (AvgIpc) is 2.70. The second-order valence-corrected chi connectivity index (χ2v) is 5.70. The van der Waals surface area contributed by atoms with Gasteiger partial charge in [0.05, 0.1) is 6.61 Å². The van der Waals surface area contributed by atoms with Crippen molar-refractivity contribution in [2.24, 2.45) is 0 Å². The zero-order chi connectivity index (χ0) is 15.3. The molecule has 114 valence electrons. The van der Waals surface area contributed by atoms with Crippen LogP contribution in [0.5, 0.6) is 0 Å². The van der Waals surface area contributed by atoms with E-state index in [1.165, 1.54) is 0 Å². The van der Waals surface area contributed by atoms with Crippen molar-refractivity contribution < 1.29 is 48.2 Å². The zero-order valence-corrected chi connectivity index (χ0v) is 10.9. The molecule has 5 N–H and O–H groups in total. The Hall–Kier alpha value is -1.07. The summed E-state index contributed by atoms with van der Waals surface area (Å²) in [6.45, 7) is -0.0649. The van der Waals surface area contributed by atoms with E-state index in [-0.39, 0.29) is 0 Å². The van der Waals surface area contributed by atoms with E-state index in [2.05, 4.69) is 13.6 Å². The number of amides is 1. The van der Waals surface area contributed by atoms with Crippen LogP contribution in [0.25, 0.3) is 0 Å². The molecule has 0 aromatic heterocycles. The molecule has 5 atom stereocenters. The number of hydrogen-bond acceptors (Lipinski definition) is 10. The summed E-state index contributed by atoms with van der Waals surface area (Å²) in [5, 5.41) is 39.9. The summed E-state index contributed by atoms with van der Waals surface area (Å²) in [4.78, 5) is 22.8. The lowest BCUT2D eigenvalue weighted by Gasteiger charge is -2.39. The summed E-state index contributed by atoms with van der Waals surface area (Å²) in [5.41, 5.74) is -2.80. The zero-order valence-electron chi connectivity index (χ0n) is 10.0. The van der Waals surface area contributed by atoms with E-state index in [0.29, 0.717) is 0 Å². The van der Waals surface area contributed by atoms with Crippen molar-refractivity contribution in [1.82, 2.24) is 5.32 Å². The lowest BCUT2D eigenvalue weighted by atomic mass is 9.93. The fourth-order valence-electron chi connectivity index (χ4n) is 1.91. The minimum absolute atomic E-state index is 0.898. The summed E-state index contributed by atoms with van der Waals surface area (Å²) in [6.07, 6.45) is -4.28. The first kappa shape index (κ1) is 15.3. The van der Waals surface area contributed by atoms with Crippen molar-refractivity contribution in [2.45, 2.75) is 30.6 Å². The molecule has 0 aromatic carbocycles. The monoisotopic (exact) mass is 313 g/mol. The van der Waals surface area contributed by atoms with Crippen LogP contribution in [-0.4, -0.2) is 62.6 Å². The Morgan fingerprint density at radius 2 is 2.05 bits per heavy atom. The van der Waals surface area contributed by atoms with E-state index in [9.17, 15) is 29.5 Å². The van der Waals surface area contributed by atoms with E-state index < -0.39 is 50.0 Å². The molecule has 0 saturated carbocycles. The van der Waals surface area contributed by atoms with Crippen LogP contribution in [0.4, 0.5) is 0 Å². The Bertz CT molecular complexity index is 509. The summed E-state index contributed by atoms with van der Waals surface area (Å²) in [6, 6.07) is 0. The molecular formula is C8H12NO10P. The third-order valence-electron chi connectivity index (χ3n) is 2.79. The fraction of sp³-hybridized carbons (Fsp3) is 0.750. The molecule has 2 saturated heterocycles. The van der Waals surface area contributed by atoms with Crippen molar-refractivity contribution in [3.8, 4) is 0 Å². The van der Waals surface area contributed by atoms with Gasteiger partial charge < -0.3 is 30.3 Å². The Kier molecular flexibility index (Phi) is 3.42. The van der Waals surface area contributed by atoms with Crippen LogP contribution in [0.1, 0.15) is 6.92 Å². The van der Waals surface area contributed by atoms with Crippen LogP contribution in [0.2, 0.25) is 0 Å². The minimum Gasteiger partial charge on any atom is -0.394 e.